The van der Waals surface area contributed by atoms with Gasteiger partial charge in [0.05, 0.1) is 5.56 Å². The Bertz CT molecular complexity index is 580. The summed E-state index contributed by atoms with van der Waals surface area (Å²) in [5, 5.41) is 0. The zero-order valence-corrected chi connectivity index (χ0v) is 15.3. The summed E-state index contributed by atoms with van der Waals surface area (Å²) in [6.45, 7) is 4.47. The molecule has 1 aromatic carbocycles. The van der Waals surface area contributed by atoms with Gasteiger partial charge >= 0.3 is 0 Å². The Morgan fingerprint density at radius 2 is 1.92 bits per heavy atom. The largest absolute Gasteiger partial charge is 0.206 e. The highest BCUT2D eigenvalue weighted by molar-refractivity contribution is 5.39. The van der Waals surface area contributed by atoms with Crippen molar-refractivity contribution in [3.63, 3.8) is 0 Å². The maximum atomic E-state index is 14.1. The molecule has 1 fully saturated rings. The average Bonchev–Trinajstić information content (AvgIpc) is 2.61. The summed E-state index contributed by atoms with van der Waals surface area (Å²) in [6.07, 6.45) is 15.2. The number of halogens is 1. The predicted octanol–water partition coefficient (Wildman–Crippen LogP) is 6.68. The summed E-state index contributed by atoms with van der Waals surface area (Å²) in [4.78, 5) is 0. The maximum Gasteiger partial charge on any atom is 0.139 e. The third kappa shape index (κ3) is 6.16. The number of benzene rings is 1. The van der Waals surface area contributed by atoms with E-state index in [1.807, 2.05) is 18.2 Å². The van der Waals surface area contributed by atoms with Crippen molar-refractivity contribution in [2.75, 3.05) is 0 Å². The van der Waals surface area contributed by atoms with Crippen LogP contribution in [0.2, 0.25) is 0 Å². The molecular weight excluding hydrogens is 295 g/mol. The molecule has 130 valence electrons. The van der Waals surface area contributed by atoms with Gasteiger partial charge in [-0.25, -0.2) is 4.39 Å². The molecule has 0 aromatic heterocycles. The lowest BCUT2D eigenvalue weighted by atomic mass is 9.81. The molecule has 0 bridgehead atoms. The van der Waals surface area contributed by atoms with E-state index in [0.29, 0.717) is 11.5 Å². The molecule has 24 heavy (non-hydrogen) atoms. The van der Waals surface area contributed by atoms with Gasteiger partial charge in [0.1, 0.15) is 5.82 Å². The van der Waals surface area contributed by atoms with Crippen LogP contribution >= 0.6 is 0 Å². The van der Waals surface area contributed by atoms with Crippen LogP contribution in [0, 0.1) is 29.5 Å². The van der Waals surface area contributed by atoms with Gasteiger partial charge in [0.2, 0.25) is 0 Å². The third-order valence-electron chi connectivity index (χ3n) is 5.23. The Balaban J connectivity index is 1.85. The van der Waals surface area contributed by atoms with Crippen molar-refractivity contribution >= 4 is 0 Å². The molecule has 0 atom stereocenters. The molecule has 2 rings (SSSR count). The fraction of sp³-hybridized carbons (Fsp3) is 0.565. The van der Waals surface area contributed by atoms with E-state index in [4.69, 9.17) is 0 Å². The Kier molecular flexibility index (Phi) is 8.10. The molecule has 0 nitrogen and oxygen atoms in total. The molecule has 0 saturated heterocycles. The monoisotopic (exact) mass is 326 g/mol. The van der Waals surface area contributed by atoms with Crippen LogP contribution in [0.5, 0.6) is 0 Å². The molecule has 0 heterocycles. The van der Waals surface area contributed by atoms with Crippen LogP contribution in [0.25, 0.3) is 0 Å². The molecule has 1 heteroatoms. The van der Waals surface area contributed by atoms with E-state index in [2.05, 4.69) is 31.8 Å². The van der Waals surface area contributed by atoms with Crippen molar-refractivity contribution in [1.29, 1.82) is 0 Å². The molecule has 1 aliphatic rings. The van der Waals surface area contributed by atoms with Crippen molar-refractivity contribution in [3.05, 3.63) is 47.3 Å². The zero-order valence-electron chi connectivity index (χ0n) is 15.3. The van der Waals surface area contributed by atoms with Gasteiger partial charge in [0.25, 0.3) is 0 Å². The molecule has 0 N–H and O–H groups in total. The Morgan fingerprint density at radius 3 is 2.58 bits per heavy atom. The van der Waals surface area contributed by atoms with Gasteiger partial charge in [0.15, 0.2) is 0 Å². The van der Waals surface area contributed by atoms with Crippen molar-refractivity contribution in [2.45, 2.75) is 71.6 Å². The first-order chi connectivity index (χ1) is 11.7. The highest BCUT2D eigenvalue weighted by Gasteiger charge is 2.17. The van der Waals surface area contributed by atoms with Crippen LogP contribution in [0.1, 0.15) is 76.3 Å². The van der Waals surface area contributed by atoms with E-state index >= 15 is 0 Å². The Labute approximate surface area is 147 Å². The van der Waals surface area contributed by atoms with Gasteiger partial charge in [-0.2, -0.15) is 0 Å². The van der Waals surface area contributed by atoms with Crippen molar-refractivity contribution in [1.82, 2.24) is 0 Å². The van der Waals surface area contributed by atoms with Gasteiger partial charge < -0.3 is 0 Å². The van der Waals surface area contributed by atoms with Crippen LogP contribution in [-0.4, -0.2) is 0 Å². The maximum absolute atomic E-state index is 14.1. The lowest BCUT2D eigenvalue weighted by Gasteiger charge is -2.25. The summed E-state index contributed by atoms with van der Waals surface area (Å²) in [6, 6.07) is 5.48. The first kappa shape index (κ1) is 18.8. The van der Waals surface area contributed by atoms with Crippen molar-refractivity contribution < 1.29 is 4.39 Å². The summed E-state index contributed by atoms with van der Waals surface area (Å²) >= 11 is 0. The fourth-order valence-electron chi connectivity index (χ4n) is 3.49. The van der Waals surface area contributed by atoms with Gasteiger partial charge in [0, 0.05) is 0 Å². The van der Waals surface area contributed by atoms with Gasteiger partial charge in [-0.15, -0.1) is 0 Å². The molecule has 0 aliphatic heterocycles. The summed E-state index contributed by atoms with van der Waals surface area (Å²) in [5.41, 5.74) is 1.59. The fourth-order valence-corrected chi connectivity index (χ4v) is 3.49. The van der Waals surface area contributed by atoms with Crippen molar-refractivity contribution in [2.24, 2.45) is 11.8 Å². The zero-order chi connectivity index (χ0) is 17.2. The van der Waals surface area contributed by atoms with Crippen LogP contribution < -0.4 is 0 Å². The molecule has 0 unspecified atom stereocenters. The number of rotatable bonds is 6. The molecule has 0 radical (unpaired) electrons. The summed E-state index contributed by atoms with van der Waals surface area (Å²) in [5.74, 6) is 7.37. The van der Waals surface area contributed by atoms with Crippen LogP contribution in [0.3, 0.4) is 0 Å². The summed E-state index contributed by atoms with van der Waals surface area (Å²) < 4.78 is 14.1. The summed E-state index contributed by atoms with van der Waals surface area (Å²) in [7, 11) is 0. The molecule has 1 aromatic rings. The minimum atomic E-state index is -0.187. The minimum Gasteiger partial charge on any atom is -0.206 e. The van der Waals surface area contributed by atoms with Crippen molar-refractivity contribution in [3.8, 4) is 11.8 Å². The number of allylic oxidation sites excluding steroid dienone is 2. The average molecular weight is 326 g/mol. The first-order valence-electron chi connectivity index (χ1n) is 9.69. The minimum absolute atomic E-state index is 0.187. The first-order valence-corrected chi connectivity index (χ1v) is 9.69. The second-order valence-electron chi connectivity index (χ2n) is 7.09. The van der Waals surface area contributed by atoms with E-state index < -0.39 is 0 Å². The van der Waals surface area contributed by atoms with Gasteiger partial charge in [-0.1, -0.05) is 57.1 Å². The highest BCUT2D eigenvalue weighted by Crippen LogP contribution is 2.31. The standard InChI is InChI=1S/C23H31F/c1-3-5-6-10-21-16-17-22(23(24)18-21)11-8-7-9-20-14-12-19(4-2)13-15-20/h7,9,16-20H,3-6,10,12-15H2,1-2H3/b9-7+. The normalized spacial score (nSPS) is 20.8. The number of hydrogen-bond donors (Lipinski definition) is 0. The highest BCUT2D eigenvalue weighted by atomic mass is 19.1. The van der Waals surface area contributed by atoms with E-state index in [9.17, 15) is 4.39 Å². The second kappa shape index (κ2) is 10.3. The number of unbranched alkanes of at least 4 members (excludes halogenated alkanes) is 2. The van der Waals surface area contributed by atoms with Gasteiger partial charge in [-0.05, 0) is 74.1 Å². The second-order valence-corrected chi connectivity index (χ2v) is 7.09. The van der Waals surface area contributed by atoms with Crippen LogP contribution in [0.15, 0.2) is 30.4 Å². The third-order valence-corrected chi connectivity index (χ3v) is 5.23. The lowest BCUT2D eigenvalue weighted by molar-refractivity contribution is 0.304. The topological polar surface area (TPSA) is 0 Å². The smallest absolute Gasteiger partial charge is 0.139 e. The van der Waals surface area contributed by atoms with E-state index in [1.54, 1.807) is 6.07 Å². The van der Waals surface area contributed by atoms with E-state index in [0.717, 1.165) is 24.3 Å². The van der Waals surface area contributed by atoms with Gasteiger partial charge in [-0.3, -0.25) is 0 Å². The molecule has 1 aliphatic carbocycles. The molecular formula is C23H31F. The van der Waals surface area contributed by atoms with E-state index in [1.165, 1.54) is 44.9 Å². The molecule has 1 saturated carbocycles. The van der Waals surface area contributed by atoms with Crippen LogP contribution in [-0.2, 0) is 6.42 Å². The number of aryl methyl sites for hydroxylation is 1. The van der Waals surface area contributed by atoms with Crippen LogP contribution in [0.4, 0.5) is 4.39 Å². The predicted molar refractivity (Wildman–Crippen MR) is 101 cm³/mol. The number of hydrogen-bond acceptors (Lipinski definition) is 0. The lowest BCUT2D eigenvalue weighted by Crippen LogP contribution is -2.11. The SMILES string of the molecule is CCCCCc1ccc(C#C/C=C/C2CCC(CC)CC2)c(F)c1. The molecule has 0 spiro atoms. The Hall–Kier alpha value is -1.55. The van der Waals surface area contributed by atoms with E-state index in [-0.39, 0.29) is 5.82 Å². The Morgan fingerprint density at radius 1 is 1.12 bits per heavy atom. The molecule has 0 amide bonds. The quantitative estimate of drug-likeness (QED) is 0.404.